The van der Waals surface area contributed by atoms with Gasteiger partial charge in [-0.05, 0) is 49.2 Å². The second-order valence-corrected chi connectivity index (χ2v) is 6.43. The van der Waals surface area contributed by atoms with Crippen molar-refractivity contribution in [1.82, 2.24) is 0 Å². The molecule has 1 fully saturated rings. The lowest BCUT2D eigenvalue weighted by molar-refractivity contribution is 0.373. The van der Waals surface area contributed by atoms with Gasteiger partial charge < -0.3 is 14.7 Å². The number of rotatable bonds is 4. The molecule has 2 aromatic rings. The first-order chi connectivity index (χ1) is 11.2. The standard InChI is InChI=1S/C18H19BrN2O2/c1-23-17-11-14(19)10-13(18(17)22)12-20-15-4-6-16(7-5-15)21-8-2-3-9-21/h4-7,10-12,22H,2-3,8-9H2,1H3. The number of anilines is 1. The van der Waals surface area contributed by atoms with Gasteiger partial charge in [-0.15, -0.1) is 0 Å². The van der Waals surface area contributed by atoms with Crippen molar-refractivity contribution in [3.05, 3.63) is 46.4 Å². The molecule has 0 atom stereocenters. The molecular weight excluding hydrogens is 356 g/mol. The molecule has 0 aliphatic carbocycles. The fraction of sp³-hybridized carbons (Fsp3) is 0.278. The second kappa shape index (κ2) is 7.04. The zero-order chi connectivity index (χ0) is 16.2. The predicted octanol–water partition coefficient (Wildman–Crippen LogP) is 4.51. The zero-order valence-electron chi connectivity index (χ0n) is 13.0. The molecule has 4 nitrogen and oxygen atoms in total. The average Bonchev–Trinajstić information content (AvgIpc) is 3.10. The average molecular weight is 375 g/mol. The Bertz CT molecular complexity index is 708. The fourth-order valence-electron chi connectivity index (χ4n) is 2.72. The third-order valence-corrected chi connectivity index (χ3v) is 4.42. The van der Waals surface area contributed by atoms with Crippen LogP contribution in [0.2, 0.25) is 0 Å². The molecule has 0 unspecified atom stereocenters. The molecule has 0 bridgehead atoms. The maximum Gasteiger partial charge on any atom is 0.166 e. The van der Waals surface area contributed by atoms with E-state index in [9.17, 15) is 5.11 Å². The Morgan fingerprint density at radius 1 is 1.17 bits per heavy atom. The Labute approximate surface area is 144 Å². The van der Waals surface area contributed by atoms with Gasteiger partial charge in [-0.2, -0.15) is 0 Å². The van der Waals surface area contributed by atoms with E-state index in [2.05, 4.69) is 38.0 Å². The summed E-state index contributed by atoms with van der Waals surface area (Å²) in [5.74, 6) is 0.512. The Hall–Kier alpha value is -2.01. The van der Waals surface area contributed by atoms with Crippen LogP contribution in [0.25, 0.3) is 0 Å². The van der Waals surface area contributed by atoms with E-state index in [0.717, 1.165) is 23.2 Å². The van der Waals surface area contributed by atoms with E-state index in [0.29, 0.717) is 11.3 Å². The van der Waals surface area contributed by atoms with E-state index in [-0.39, 0.29) is 5.75 Å². The Kier molecular flexibility index (Phi) is 4.86. The summed E-state index contributed by atoms with van der Waals surface area (Å²) in [6.45, 7) is 2.27. The lowest BCUT2D eigenvalue weighted by Gasteiger charge is -2.17. The van der Waals surface area contributed by atoms with Crippen molar-refractivity contribution in [2.75, 3.05) is 25.1 Å². The van der Waals surface area contributed by atoms with Crippen LogP contribution in [0, 0.1) is 0 Å². The lowest BCUT2D eigenvalue weighted by Crippen LogP contribution is -2.17. The summed E-state index contributed by atoms with van der Waals surface area (Å²) in [7, 11) is 1.53. The highest BCUT2D eigenvalue weighted by atomic mass is 79.9. The van der Waals surface area contributed by atoms with Crippen molar-refractivity contribution in [2.45, 2.75) is 12.8 Å². The molecule has 1 aliphatic heterocycles. The molecule has 1 heterocycles. The number of halogens is 1. The molecule has 120 valence electrons. The van der Waals surface area contributed by atoms with Gasteiger partial charge in [0.1, 0.15) is 0 Å². The van der Waals surface area contributed by atoms with Gasteiger partial charge in [-0.3, -0.25) is 4.99 Å². The largest absolute Gasteiger partial charge is 0.504 e. The third-order valence-electron chi connectivity index (χ3n) is 3.96. The fourth-order valence-corrected chi connectivity index (χ4v) is 3.17. The quantitative estimate of drug-likeness (QED) is 0.800. The van der Waals surface area contributed by atoms with Crippen molar-refractivity contribution in [3.8, 4) is 11.5 Å². The Balaban J connectivity index is 1.79. The van der Waals surface area contributed by atoms with Crippen LogP contribution in [0.15, 0.2) is 45.9 Å². The van der Waals surface area contributed by atoms with E-state index in [1.165, 1.54) is 25.6 Å². The number of benzene rings is 2. The summed E-state index contributed by atoms with van der Waals surface area (Å²) in [6, 6.07) is 11.7. The topological polar surface area (TPSA) is 45.1 Å². The SMILES string of the molecule is COc1cc(Br)cc(C=Nc2ccc(N3CCCC3)cc2)c1O. The molecule has 1 N–H and O–H groups in total. The van der Waals surface area contributed by atoms with Crippen LogP contribution >= 0.6 is 15.9 Å². The number of hydrogen-bond donors (Lipinski definition) is 1. The highest BCUT2D eigenvalue weighted by molar-refractivity contribution is 9.10. The van der Waals surface area contributed by atoms with E-state index >= 15 is 0 Å². The maximum absolute atomic E-state index is 10.1. The zero-order valence-corrected chi connectivity index (χ0v) is 14.6. The number of nitrogens with zero attached hydrogens (tertiary/aromatic N) is 2. The van der Waals surface area contributed by atoms with Gasteiger partial charge in [0.25, 0.3) is 0 Å². The van der Waals surface area contributed by atoms with E-state index < -0.39 is 0 Å². The molecule has 5 heteroatoms. The van der Waals surface area contributed by atoms with Crippen molar-refractivity contribution in [2.24, 2.45) is 4.99 Å². The lowest BCUT2D eigenvalue weighted by atomic mass is 10.2. The van der Waals surface area contributed by atoms with Crippen molar-refractivity contribution < 1.29 is 9.84 Å². The highest BCUT2D eigenvalue weighted by Crippen LogP contribution is 2.33. The first-order valence-electron chi connectivity index (χ1n) is 7.63. The van der Waals surface area contributed by atoms with Crippen molar-refractivity contribution in [1.29, 1.82) is 0 Å². The molecule has 3 rings (SSSR count). The summed E-state index contributed by atoms with van der Waals surface area (Å²) in [4.78, 5) is 6.83. The summed E-state index contributed by atoms with van der Waals surface area (Å²) >= 11 is 3.40. The van der Waals surface area contributed by atoms with Gasteiger partial charge in [0.15, 0.2) is 11.5 Å². The molecule has 1 saturated heterocycles. The van der Waals surface area contributed by atoms with E-state index in [1.807, 2.05) is 12.1 Å². The molecular formula is C18H19BrN2O2. The van der Waals surface area contributed by atoms with Gasteiger partial charge in [0.2, 0.25) is 0 Å². The van der Waals surface area contributed by atoms with Gasteiger partial charge in [-0.1, -0.05) is 15.9 Å². The summed E-state index contributed by atoms with van der Waals surface area (Å²) in [5.41, 5.74) is 2.71. The Morgan fingerprint density at radius 3 is 2.52 bits per heavy atom. The summed E-state index contributed by atoms with van der Waals surface area (Å²) in [6.07, 6.45) is 4.18. The highest BCUT2D eigenvalue weighted by Gasteiger charge is 2.11. The number of methoxy groups -OCH3 is 1. The van der Waals surface area contributed by atoms with Crippen LogP contribution in [-0.2, 0) is 0 Å². The van der Waals surface area contributed by atoms with Gasteiger partial charge in [0.05, 0.1) is 12.8 Å². The first kappa shape index (κ1) is 15.9. The number of aromatic hydroxyl groups is 1. The smallest absolute Gasteiger partial charge is 0.166 e. The molecule has 0 spiro atoms. The maximum atomic E-state index is 10.1. The summed E-state index contributed by atoms with van der Waals surface area (Å²) in [5, 5.41) is 10.1. The van der Waals surface area contributed by atoms with E-state index in [1.54, 1.807) is 18.3 Å². The Morgan fingerprint density at radius 2 is 1.87 bits per heavy atom. The molecule has 1 aliphatic rings. The minimum Gasteiger partial charge on any atom is -0.504 e. The van der Waals surface area contributed by atoms with Crippen LogP contribution in [0.4, 0.5) is 11.4 Å². The molecule has 0 saturated carbocycles. The van der Waals surface area contributed by atoms with Crippen LogP contribution in [0.1, 0.15) is 18.4 Å². The second-order valence-electron chi connectivity index (χ2n) is 5.51. The van der Waals surface area contributed by atoms with Crippen molar-refractivity contribution >= 4 is 33.5 Å². The van der Waals surface area contributed by atoms with Gasteiger partial charge in [-0.25, -0.2) is 0 Å². The minimum absolute atomic E-state index is 0.0909. The third kappa shape index (κ3) is 3.67. The number of phenols is 1. The number of ether oxygens (including phenoxy) is 1. The van der Waals surface area contributed by atoms with E-state index in [4.69, 9.17) is 4.74 Å². The van der Waals surface area contributed by atoms with Crippen LogP contribution < -0.4 is 9.64 Å². The molecule has 0 radical (unpaired) electrons. The van der Waals surface area contributed by atoms with Crippen LogP contribution in [-0.4, -0.2) is 31.5 Å². The molecule has 0 aromatic heterocycles. The summed E-state index contributed by atoms with van der Waals surface area (Å²) < 4.78 is 5.98. The molecule has 23 heavy (non-hydrogen) atoms. The van der Waals surface area contributed by atoms with Crippen LogP contribution in [0.3, 0.4) is 0 Å². The normalized spacial score (nSPS) is 14.6. The monoisotopic (exact) mass is 374 g/mol. The predicted molar refractivity (Wildman–Crippen MR) is 97.5 cm³/mol. The number of phenolic OH excluding ortho intramolecular Hbond substituents is 1. The minimum atomic E-state index is 0.0909. The number of aliphatic imine (C=N–C) groups is 1. The first-order valence-corrected chi connectivity index (χ1v) is 8.42. The van der Waals surface area contributed by atoms with Gasteiger partial charge in [0, 0.05) is 35.0 Å². The molecule has 2 aromatic carbocycles. The van der Waals surface area contributed by atoms with Crippen molar-refractivity contribution in [3.63, 3.8) is 0 Å². The number of hydrogen-bond acceptors (Lipinski definition) is 4. The molecule has 0 amide bonds. The van der Waals surface area contributed by atoms with Crippen LogP contribution in [0.5, 0.6) is 11.5 Å². The van der Waals surface area contributed by atoms with Gasteiger partial charge >= 0.3 is 0 Å².